The fourth-order valence-corrected chi connectivity index (χ4v) is 3.03. The summed E-state index contributed by atoms with van der Waals surface area (Å²) in [6, 6.07) is 4.22. The van der Waals surface area contributed by atoms with Crippen LogP contribution in [0.5, 0.6) is 0 Å². The van der Waals surface area contributed by atoms with E-state index in [1.807, 2.05) is 6.20 Å². The van der Waals surface area contributed by atoms with Gasteiger partial charge < -0.3 is 0 Å². The molecule has 1 unspecified atom stereocenters. The van der Waals surface area contributed by atoms with Crippen LogP contribution in [0.3, 0.4) is 0 Å². The average molecular weight is 325 g/mol. The molecule has 0 spiro atoms. The number of hydrogen-bond acceptors (Lipinski definition) is 5. The molecule has 2 N–H and O–H groups in total. The lowest BCUT2D eigenvalue weighted by atomic mass is 9.87. The van der Waals surface area contributed by atoms with E-state index in [0.29, 0.717) is 11.7 Å². The van der Waals surface area contributed by atoms with E-state index in [9.17, 15) is 0 Å². The maximum Gasteiger partial charge on any atom is 0.180 e. The van der Waals surface area contributed by atoms with E-state index >= 15 is 0 Å². The number of thioether (sulfide) groups is 1. The van der Waals surface area contributed by atoms with Crippen LogP contribution in [-0.2, 0) is 5.41 Å². The summed E-state index contributed by atoms with van der Waals surface area (Å²) in [4.78, 5) is 8.76. The predicted octanol–water partition coefficient (Wildman–Crippen LogP) is 3.80. The molecule has 1 aromatic heterocycles. The lowest BCUT2D eigenvalue weighted by molar-refractivity contribution is 0.492. The van der Waals surface area contributed by atoms with Gasteiger partial charge in [-0.15, -0.1) is 0 Å². The van der Waals surface area contributed by atoms with Crippen LogP contribution in [-0.4, -0.2) is 21.7 Å². The van der Waals surface area contributed by atoms with Gasteiger partial charge in [0.1, 0.15) is 5.16 Å². The fourth-order valence-electron chi connectivity index (χ4n) is 1.90. The van der Waals surface area contributed by atoms with E-state index in [1.54, 1.807) is 22.8 Å². The smallest absolute Gasteiger partial charge is 0.180 e. The summed E-state index contributed by atoms with van der Waals surface area (Å²) in [5.74, 6) is 5.92. The summed E-state index contributed by atoms with van der Waals surface area (Å²) in [6.07, 6.45) is 3.65. The number of hydrazine groups is 1. The van der Waals surface area contributed by atoms with Crippen LogP contribution in [0.4, 0.5) is 0 Å². The summed E-state index contributed by atoms with van der Waals surface area (Å²) >= 11 is 7.52. The molecule has 1 aliphatic heterocycles. The van der Waals surface area contributed by atoms with Crippen LogP contribution >= 0.6 is 23.4 Å². The van der Waals surface area contributed by atoms with Crippen molar-refractivity contribution in [2.24, 2.45) is 10.8 Å². The molecule has 1 aromatic rings. The van der Waals surface area contributed by atoms with Crippen LogP contribution in [0.25, 0.3) is 0 Å². The second-order valence-electron chi connectivity index (χ2n) is 6.05. The van der Waals surface area contributed by atoms with Crippen LogP contribution < -0.4 is 5.84 Å². The molecule has 2 rings (SSSR count). The number of halogens is 1. The minimum absolute atomic E-state index is 0.108. The molecule has 0 aliphatic carbocycles. The first kappa shape index (κ1) is 16.3. The van der Waals surface area contributed by atoms with E-state index in [-0.39, 0.29) is 10.7 Å². The van der Waals surface area contributed by atoms with Crippen molar-refractivity contribution in [3.8, 4) is 0 Å². The second kappa shape index (κ2) is 6.38. The maximum atomic E-state index is 5.95. The molecule has 0 radical (unpaired) electrons. The lowest BCUT2D eigenvalue weighted by Gasteiger charge is -2.24. The summed E-state index contributed by atoms with van der Waals surface area (Å²) in [5, 5.41) is 2.96. The van der Waals surface area contributed by atoms with Gasteiger partial charge in [-0.05, 0) is 36.1 Å². The second-order valence-corrected chi connectivity index (χ2v) is 7.75. The highest BCUT2D eigenvalue weighted by Crippen LogP contribution is 2.32. The summed E-state index contributed by atoms with van der Waals surface area (Å²) in [7, 11) is 0. The van der Waals surface area contributed by atoms with E-state index < -0.39 is 0 Å². The molecule has 0 saturated heterocycles. The zero-order valence-electron chi connectivity index (χ0n) is 12.8. The number of aliphatic imine (C=N–C) groups is 1. The van der Waals surface area contributed by atoms with Gasteiger partial charge in [0.05, 0.1) is 17.5 Å². The normalized spacial score (nSPS) is 17.3. The molecule has 0 fully saturated rings. The number of amidine groups is 1. The number of rotatable bonds is 2. The molecule has 4 nitrogen and oxygen atoms in total. The molecular weight excluding hydrogens is 304 g/mol. The molecular formula is C15H21ClN4S. The molecule has 0 aromatic carbocycles. The monoisotopic (exact) mass is 324 g/mol. The molecule has 1 aliphatic rings. The fraction of sp³-hybridized carbons (Fsp3) is 0.467. The van der Waals surface area contributed by atoms with Gasteiger partial charge in [0.2, 0.25) is 0 Å². The van der Waals surface area contributed by atoms with Gasteiger partial charge in [0.15, 0.2) is 5.17 Å². The Labute approximate surface area is 135 Å². The van der Waals surface area contributed by atoms with Gasteiger partial charge in [-0.1, -0.05) is 44.1 Å². The predicted molar refractivity (Wildman–Crippen MR) is 91.2 cm³/mol. The Bertz CT molecular complexity index is 577. The van der Waals surface area contributed by atoms with Crippen LogP contribution in [0, 0.1) is 0 Å². The zero-order valence-corrected chi connectivity index (χ0v) is 14.4. The molecule has 114 valence electrons. The SMILES string of the molecule is CC(SC1=NC(Cl)=CCN1N)c1cc(C(C)(C)C)ccn1. The van der Waals surface area contributed by atoms with Crippen molar-refractivity contribution >= 4 is 28.5 Å². The van der Waals surface area contributed by atoms with Crippen molar-refractivity contribution < 1.29 is 0 Å². The number of pyridine rings is 1. The summed E-state index contributed by atoms with van der Waals surface area (Å²) in [6.45, 7) is 9.26. The van der Waals surface area contributed by atoms with Crippen molar-refractivity contribution in [2.75, 3.05) is 6.54 Å². The van der Waals surface area contributed by atoms with E-state index in [2.05, 4.69) is 49.8 Å². The highest BCUT2D eigenvalue weighted by atomic mass is 35.5. The highest BCUT2D eigenvalue weighted by molar-refractivity contribution is 8.13. The molecule has 2 heterocycles. The summed E-state index contributed by atoms with van der Waals surface area (Å²) in [5.41, 5.74) is 2.40. The Morgan fingerprint density at radius 3 is 2.81 bits per heavy atom. The Balaban J connectivity index is 2.17. The maximum absolute atomic E-state index is 5.95. The van der Waals surface area contributed by atoms with Crippen molar-refractivity contribution in [2.45, 2.75) is 38.4 Å². The van der Waals surface area contributed by atoms with Gasteiger partial charge in [0.25, 0.3) is 0 Å². The first-order valence-corrected chi connectivity index (χ1v) is 8.13. The van der Waals surface area contributed by atoms with E-state index in [0.717, 1.165) is 10.9 Å². The number of aromatic nitrogens is 1. The Morgan fingerprint density at radius 1 is 1.43 bits per heavy atom. The molecule has 0 saturated carbocycles. The Hall–Kier alpha value is -1.04. The third-order valence-corrected chi connectivity index (χ3v) is 4.62. The number of nitrogens with two attached hydrogens (primary N) is 1. The molecule has 1 atom stereocenters. The number of nitrogens with zero attached hydrogens (tertiary/aromatic N) is 3. The van der Waals surface area contributed by atoms with Gasteiger partial charge in [-0.2, -0.15) is 0 Å². The quantitative estimate of drug-likeness (QED) is 0.664. The Kier molecular flexibility index (Phi) is 4.96. The van der Waals surface area contributed by atoms with Gasteiger partial charge in [-0.25, -0.2) is 10.8 Å². The van der Waals surface area contributed by atoms with Crippen LogP contribution in [0.2, 0.25) is 0 Å². The van der Waals surface area contributed by atoms with Crippen molar-refractivity contribution in [3.05, 3.63) is 40.8 Å². The minimum atomic E-state index is 0.108. The number of hydrogen-bond donors (Lipinski definition) is 1. The van der Waals surface area contributed by atoms with Gasteiger partial charge in [0, 0.05) is 6.20 Å². The van der Waals surface area contributed by atoms with Crippen molar-refractivity contribution in [1.29, 1.82) is 0 Å². The standard InChI is InChI=1S/C15H21ClN4S/c1-10(21-14-19-13(16)6-8-20(14)17)12-9-11(5-7-18-12)15(2,3)4/h5-7,9-10H,8,17H2,1-4H3. The zero-order chi connectivity index (χ0) is 15.6. The Morgan fingerprint density at radius 2 is 2.14 bits per heavy atom. The van der Waals surface area contributed by atoms with E-state index in [1.165, 1.54) is 5.56 Å². The molecule has 0 bridgehead atoms. The van der Waals surface area contributed by atoms with Gasteiger partial charge in [-0.3, -0.25) is 9.99 Å². The van der Waals surface area contributed by atoms with Gasteiger partial charge >= 0.3 is 0 Å². The minimum Gasteiger partial charge on any atom is -0.285 e. The molecule has 6 heteroatoms. The topological polar surface area (TPSA) is 54.5 Å². The lowest BCUT2D eigenvalue weighted by Crippen LogP contribution is -2.37. The highest BCUT2D eigenvalue weighted by Gasteiger charge is 2.20. The van der Waals surface area contributed by atoms with Crippen molar-refractivity contribution in [1.82, 2.24) is 9.99 Å². The largest absolute Gasteiger partial charge is 0.285 e. The van der Waals surface area contributed by atoms with E-state index in [4.69, 9.17) is 17.4 Å². The van der Waals surface area contributed by atoms with Crippen molar-refractivity contribution in [3.63, 3.8) is 0 Å². The van der Waals surface area contributed by atoms with Crippen LogP contribution in [0.15, 0.2) is 34.6 Å². The molecule has 21 heavy (non-hydrogen) atoms. The van der Waals surface area contributed by atoms with Crippen LogP contribution in [0.1, 0.15) is 44.2 Å². The molecule has 0 amide bonds. The first-order chi connectivity index (χ1) is 9.77. The third-order valence-electron chi connectivity index (χ3n) is 3.25. The average Bonchev–Trinajstić information content (AvgIpc) is 2.42. The third kappa shape index (κ3) is 4.22. The first-order valence-electron chi connectivity index (χ1n) is 6.87. The summed E-state index contributed by atoms with van der Waals surface area (Å²) < 4.78 is 0.